The number of nitrogens with two attached hydrogens (primary N) is 1. The molecular formula is C21H30N4O5S. The summed E-state index contributed by atoms with van der Waals surface area (Å²) < 4.78 is 32.9. The molecule has 0 atom stereocenters. The van der Waals surface area contributed by atoms with Crippen LogP contribution in [0.3, 0.4) is 0 Å². The number of unbranched alkanes of at least 4 members (excludes halogenated alkanes) is 2. The van der Waals surface area contributed by atoms with Crippen molar-refractivity contribution in [2.24, 2.45) is 0 Å². The number of nitro benzene ring substituents is 1. The van der Waals surface area contributed by atoms with E-state index in [9.17, 15) is 18.5 Å². The highest BCUT2D eigenvalue weighted by Gasteiger charge is 2.27. The van der Waals surface area contributed by atoms with E-state index < -0.39 is 14.9 Å². The molecule has 0 spiro atoms. The van der Waals surface area contributed by atoms with Crippen molar-refractivity contribution in [1.29, 1.82) is 0 Å². The van der Waals surface area contributed by atoms with E-state index in [-0.39, 0.29) is 16.3 Å². The number of ether oxygens (including phenoxy) is 1. The minimum Gasteiger partial charge on any atom is -0.495 e. The second-order valence-corrected chi connectivity index (χ2v) is 9.07. The van der Waals surface area contributed by atoms with E-state index in [0.717, 1.165) is 31.7 Å². The lowest BCUT2D eigenvalue weighted by Crippen LogP contribution is -2.33. The van der Waals surface area contributed by atoms with Gasteiger partial charge in [0.2, 0.25) is 10.0 Å². The van der Waals surface area contributed by atoms with Crippen molar-refractivity contribution in [2.45, 2.75) is 44.4 Å². The van der Waals surface area contributed by atoms with Crippen LogP contribution >= 0.6 is 0 Å². The maximum atomic E-state index is 13.2. The number of sulfonamides is 1. The van der Waals surface area contributed by atoms with Crippen molar-refractivity contribution in [3.8, 4) is 5.75 Å². The third-order valence-electron chi connectivity index (χ3n) is 4.84. The highest BCUT2D eigenvalue weighted by atomic mass is 32.2. The van der Waals surface area contributed by atoms with Crippen LogP contribution < -0.4 is 15.8 Å². The van der Waals surface area contributed by atoms with Gasteiger partial charge < -0.3 is 15.8 Å². The maximum absolute atomic E-state index is 13.2. The molecule has 2 rings (SSSR count). The van der Waals surface area contributed by atoms with Crippen LogP contribution in [-0.2, 0) is 10.0 Å². The van der Waals surface area contributed by atoms with Gasteiger partial charge in [0.15, 0.2) is 0 Å². The Morgan fingerprint density at radius 2 is 1.74 bits per heavy atom. The van der Waals surface area contributed by atoms with E-state index in [2.05, 4.69) is 5.32 Å². The average molecular weight is 451 g/mol. The second kappa shape index (κ2) is 11.0. The molecule has 0 radical (unpaired) electrons. The smallest absolute Gasteiger partial charge is 0.294 e. The minimum atomic E-state index is -3.84. The first-order valence-electron chi connectivity index (χ1n) is 10.2. The van der Waals surface area contributed by atoms with Crippen molar-refractivity contribution in [3.63, 3.8) is 0 Å². The van der Waals surface area contributed by atoms with Gasteiger partial charge in [-0.2, -0.15) is 4.31 Å². The summed E-state index contributed by atoms with van der Waals surface area (Å²) in [5, 5.41) is 14.6. The SMILES string of the molecule is CCCCN(CCCC)S(=O)(=O)c1ccc(Nc2ccc(N)c(OC)c2)c([N+](=O)[O-])c1. The van der Waals surface area contributed by atoms with Gasteiger partial charge in [0.25, 0.3) is 5.69 Å². The van der Waals surface area contributed by atoms with E-state index >= 15 is 0 Å². The normalized spacial score (nSPS) is 11.5. The van der Waals surface area contributed by atoms with Gasteiger partial charge in [0, 0.05) is 30.9 Å². The Labute approximate surface area is 183 Å². The molecule has 0 bridgehead atoms. The Morgan fingerprint density at radius 3 is 2.29 bits per heavy atom. The van der Waals surface area contributed by atoms with Gasteiger partial charge in [-0.1, -0.05) is 26.7 Å². The molecule has 0 saturated carbocycles. The zero-order chi connectivity index (χ0) is 23.0. The van der Waals surface area contributed by atoms with Crippen LogP contribution in [0.25, 0.3) is 0 Å². The van der Waals surface area contributed by atoms with E-state index in [4.69, 9.17) is 10.5 Å². The van der Waals surface area contributed by atoms with Crippen molar-refractivity contribution < 1.29 is 18.1 Å². The van der Waals surface area contributed by atoms with Crippen molar-refractivity contribution in [2.75, 3.05) is 31.2 Å². The Morgan fingerprint density at radius 1 is 1.10 bits per heavy atom. The first kappa shape index (κ1) is 24.4. The molecule has 9 nitrogen and oxygen atoms in total. The lowest BCUT2D eigenvalue weighted by atomic mass is 10.2. The molecule has 10 heteroatoms. The van der Waals surface area contributed by atoms with Crippen LogP contribution in [-0.4, -0.2) is 37.8 Å². The monoisotopic (exact) mass is 450 g/mol. The third-order valence-corrected chi connectivity index (χ3v) is 6.73. The highest BCUT2D eigenvalue weighted by molar-refractivity contribution is 7.89. The summed E-state index contributed by atoms with van der Waals surface area (Å²) >= 11 is 0. The third kappa shape index (κ3) is 6.08. The standard InChI is InChI=1S/C21H30N4O5S/c1-4-6-12-24(13-7-5-2)31(28,29)17-9-11-19(20(15-17)25(26)27)23-16-8-10-18(22)21(14-16)30-3/h8-11,14-15,23H,4-7,12-13,22H2,1-3H3. The summed E-state index contributed by atoms with van der Waals surface area (Å²) in [7, 11) is -2.37. The Kier molecular flexibility index (Phi) is 8.64. The van der Waals surface area contributed by atoms with E-state index in [1.54, 1.807) is 18.2 Å². The zero-order valence-electron chi connectivity index (χ0n) is 18.1. The van der Waals surface area contributed by atoms with Crippen LogP contribution in [0.1, 0.15) is 39.5 Å². The summed E-state index contributed by atoms with van der Waals surface area (Å²) in [6, 6.07) is 8.79. The van der Waals surface area contributed by atoms with Crippen LogP contribution in [0, 0.1) is 10.1 Å². The minimum absolute atomic E-state index is 0.0909. The quantitative estimate of drug-likeness (QED) is 0.276. The number of nitro groups is 1. The predicted molar refractivity (Wildman–Crippen MR) is 122 cm³/mol. The number of benzene rings is 2. The van der Waals surface area contributed by atoms with Gasteiger partial charge in [-0.3, -0.25) is 10.1 Å². The molecule has 0 aliphatic carbocycles. The van der Waals surface area contributed by atoms with Crippen LogP contribution in [0.5, 0.6) is 5.75 Å². The topological polar surface area (TPSA) is 128 Å². The van der Waals surface area contributed by atoms with Crippen molar-refractivity contribution in [3.05, 3.63) is 46.5 Å². The average Bonchev–Trinajstić information content (AvgIpc) is 2.74. The molecule has 3 N–H and O–H groups in total. The largest absolute Gasteiger partial charge is 0.495 e. The number of methoxy groups -OCH3 is 1. The second-order valence-electron chi connectivity index (χ2n) is 7.13. The van der Waals surface area contributed by atoms with Crippen LogP contribution in [0.15, 0.2) is 41.3 Å². The van der Waals surface area contributed by atoms with Crippen LogP contribution in [0.4, 0.5) is 22.7 Å². The summed E-state index contributed by atoms with van der Waals surface area (Å²) in [6.45, 7) is 4.75. The number of anilines is 3. The van der Waals surface area contributed by atoms with Gasteiger partial charge in [-0.15, -0.1) is 0 Å². The number of nitrogen functional groups attached to an aromatic ring is 1. The maximum Gasteiger partial charge on any atom is 0.294 e. The molecular weight excluding hydrogens is 420 g/mol. The molecule has 0 fully saturated rings. The van der Waals surface area contributed by atoms with E-state index in [1.165, 1.54) is 23.5 Å². The summed E-state index contributed by atoms with van der Waals surface area (Å²) in [4.78, 5) is 11.0. The molecule has 2 aromatic rings. The first-order valence-corrected chi connectivity index (χ1v) is 11.7. The zero-order valence-corrected chi connectivity index (χ0v) is 18.9. The van der Waals surface area contributed by atoms with Gasteiger partial charge in [0.05, 0.1) is 22.6 Å². The predicted octanol–water partition coefficient (Wildman–Crippen LogP) is 4.52. The molecule has 0 amide bonds. The van der Waals surface area contributed by atoms with Gasteiger partial charge in [-0.05, 0) is 37.1 Å². The van der Waals surface area contributed by atoms with E-state index in [0.29, 0.717) is 30.2 Å². The molecule has 0 saturated heterocycles. The number of hydrogen-bond donors (Lipinski definition) is 2. The Hall–Kier alpha value is -2.85. The number of hydrogen-bond acceptors (Lipinski definition) is 7. The molecule has 0 aliphatic rings. The van der Waals surface area contributed by atoms with E-state index in [1.807, 2.05) is 13.8 Å². The fourth-order valence-corrected chi connectivity index (χ4v) is 4.58. The number of nitrogens with zero attached hydrogens (tertiary/aromatic N) is 2. The molecule has 0 aromatic heterocycles. The van der Waals surface area contributed by atoms with Crippen molar-refractivity contribution >= 4 is 32.8 Å². The van der Waals surface area contributed by atoms with Gasteiger partial charge in [0.1, 0.15) is 11.4 Å². The van der Waals surface area contributed by atoms with Gasteiger partial charge >= 0.3 is 0 Å². The summed E-state index contributed by atoms with van der Waals surface area (Å²) in [5.41, 5.74) is 6.60. The summed E-state index contributed by atoms with van der Waals surface area (Å²) in [5.74, 6) is 0.425. The van der Waals surface area contributed by atoms with Gasteiger partial charge in [-0.25, -0.2) is 8.42 Å². The Bertz CT molecular complexity index is 1000. The van der Waals surface area contributed by atoms with Crippen LogP contribution in [0.2, 0.25) is 0 Å². The molecule has 0 unspecified atom stereocenters. The molecule has 170 valence electrons. The summed E-state index contributed by atoms with van der Waals surface area (Å²) in [6.07, 6.45) is 3.16. The molecule has 0 aliphatic heterocycles. The van der Waals surface area contributed by atoms with Crippen molar-refractivity contribution in [1.82, 2.24) is 4.31 Å². The number of nitrogens with one attached hydrogen (secondary N) is 1. The Balaban J connectivity index is 2.41. The highest BCUT2D eigenvalue weighted by Crippen LogP contribution is 2.33. The molecule has 0 heterocycles. The first-order chi connectivity index (χ1) is 14.7. The lowest BCUT2D eigenvalue weighted by Gasteiger charge is -2.22. The fraction of sp³-hybridized carbons (Fsp3) is 0.429. The number of rotatable bonds is 12. The lowest BCUT2D eigenvalue weighted by molar-refractivity contribution is -0.384. The fourth-order valence-electron chi connectivity index (χ4n) is 3.04. The molecule has 2 aromatic carbocycles. The molecule has 31 heavy (non-hydrogen) atoms.